The summed E-state index contributed by atoms with van der Waals surface area (Å²) in [5, 5.41) is 0.855. The smallest absolute Gasteiger partial charge is 0.0468 e. The van der Waals surface area contributed by atoms with Crippen molar-refractivity contribution in [3.63, 3.8) is 0 Å². The van der Waals surface area contributed by atoms with E-state index in [0.29, 0.717) is 0 Å². The van der Waals surface area contributed by atoms with E-state index in [0.717, 1.165) is 41.9 Å². The molecule has 0 aromatic heterocycles. The zero-order chi connectivity index (χ0) is 16.8. The lowest BCUT2D eigenvalue weighted by atomic mass is 9.68. The second-order valence-corrected chi connectivity index (χ2v) is 8.37. The summed E-state index contributed by atoms with van der Waals surface area (Å²) in [6, 6.07) is 8.56. The van der Waals surface area contributed by atoms with E-state index in [-0.39, 0.29) is 0 Å². The lowest BCUT2D eigenvalue weighted by Crippen LogP contribution is -2.25. The van der Waals surface area contributed by atoms with E-state index in [1.807, 2.05) is 12.1 Å². The Kier molecular flexibility index (Phi) is 7.04. The molecule has 0 heterocycles. The third kappa shape index (κ3) is 4.99. The number of benzene rings is 1. The molecule has 2 saturated carbocycles. The highest BCUT2D eigenvalue weighted by Gasteiger charge is 2.31. The molecule has 2 aliphatic carbocycles. The first kappa shape index (κ1) is 18.3. The molecule has 134 valence electrons. The van der Waals surface area contributed by atoms with Gasteiger partial charge in [0, 0.05) is 18.2 Å². The normalized spacial score (nSPS) is 31.1. The van der Waals surface area contributed by atoms with Crippen LogP contribution in [0.5, 0.6) is 0 Å². The van der Waals surface area contributed by atoms with Gasteiger partial charge in [-0.05, 0) is 93.2 Å². The quantitative estimate of drug-likeness (QED) is 0.511. The SMILES string of the molecule is CCOCCC1CCC(C2CCC(c3ccc(Cl)cc3)CC2)CC1. The Morgan fingerprint density at radius 1 is 0.875 bits per heavy atom. The van der Waals surface area contributed by atoms with Crippen LogP contribution in [0, 0.1) is 17.8 Å². The minimum Gasteiger partial charge on any atom is -0.382 e. The number of ether oxygens (including phenoxy) is 1. The fraction of sp³-hybridized carbons (Fsp3) is 0.727. The second kappa shape index (κ2) is 9.25. The van der Waals surface area contributed by atoms with Crippen molar-refractivity contribution in [3.8, 4) is 0 Å². The maximum absolute atomic E-state index is 6.02. The summed E-state index contributed by atoms with van der Waals surface area (Å²) in [5.74, 6) is 3.68. The predicted molar refractivity (Wildman–Crippen MR) is 103 cm³/mol. The van der Waals surface area contributed by atoms with Crippen LogP contribution in [0.3, 0.4) is 0 Å². The van der Waals surface area contributed by atoms with Crippen molar-refractivity contribution in [1.29, 1.82) is 0 Å². The van der Waals surface area contributed by atoms with Crippen molar-refractivity contribution in [2.75, 3.05) is 13.2 Å². The van der Waals surface area contributed by atoms with Crippen LogP contribution in [0.1, 0.15) is 76.2 Å². The second-order valence-electron chi connectivity index (χ2n) is 7.93. The number of hydrogen-bond donors (Lipinski definition) is 0. The third-order valence-corrected chi connectivity index (χ3v) is 6.80. The van der Waals surface area contributed by atoms with Gasteiger partial charge in [0.15, 0.2) is 0 Å². The van der Waals surface area contributed by atoms with Crippen molar-refractivity contribution < 1.29 is 4.74 Å². The van der Waals surface area contributed by atoms with E-state index in [4.69, 9.17) is 16.3 Å². The zero-order valence-corrected chi connectivity index (χ0v) is 15.9. The minimum atomic E-state index is 0.765. The first-order valence-electron chi connectivity index (χ1n) is 10.1. The lowest BCUT2D eigenvalue weighted by molar-refractivity contribution is 0.107. The molecule has 1 aromatic carbocycles. The van der Waals surface area contributed by atoms with Crippen LogP contribution in [0.4, 0.5) is 0 Å². The lowest BCUT2D eigenvalue weighted by Gasteiger charge is -2.38. The number of halogens is 1. The summed E-state index contributed by atoms with van der Waals surface area (Å²) in [6.07, 6.45) is 12.7. The van der Waals surface area contributed by atoms with Crippen LogP contribution < -0.4 is 0 Å². The molecule has 0 N–H and O–H groups in total. The van der Waals surface area contributed by atoms with Crippen LogP contribution in [0.25, 0.3) is 0 Å². The highest BCUT2D eigenvalue weighted by molar-refractivity contribution is 6.30. The van der Waals surface area contributed by atoms with Gasteiger partial charge in [-0.15, -0.1) is 0 Å². The van der Waals surface area contributed by atoms with E-state index in [9.17, 15) is 0 Å². The summed E-state index contributed by atoms with van der Waals surface area (Å²) in [6.45, 7) is 3.93. The molecule has 0 unspecified atom stereocenters. The average Bonchev–Trinajstić information content (AvgIpc) is 2.63. The van der Waals surface area contributed by atoms with Gasteiger partial charge in [-0.3, -0.25) is 0 Å². The van der Waals surface area contributed by atoms with Crippen molar-refractivity contribution in [1.82, 2.24) is 0 Å². The molecular formula is C22H33ClO. The van der Waals surface area contributed by atoms with Crippen LogP contribution in [-0.4, -0.2) is 13.2 Å². The van der Waals surface area contributed by atoms with Gasteiger partial charge in [0.05, 0.1) is 0 Å². The van der Waals surface area contributed by atoms with E-state index in [1.165, 1.54) is 63.4 Å². The Balaban J connectivity index is 1.40. The van der Waals surface area contributed by atoms with Gasteiger partial charge in [0.1, 0.15) is 0 Å². The molecule has 1 aromatic rings. The van der Waals surface area contributed by atoms with E-state index in [2.05, 4.69) is 19.1 Å². The van der Waals surface area contributed by atoms with Gasteiger partial charge in [-0.1, -0.05) is 36.6 Å². The summed E-state index contributed by atoms with van der Waals surface area (Å²) in [7, 11) is 0. The van der Waals surface area contributed by atoms with Crippen LogP contribution in [-0.2, 0) is 4.74 Å². The maximum atomic E-state index is 6.02. The van der Waals surface area contributed by atoms with Gasteiger partial charge in [0.2, 0.25) is 0 Å². The van der Waals surface area contributed by atoms with Gasteiger partial charge in [-0.25, -0.2) is 0 Å². The maximum Gasteiger partial charge on any atom is 0.0468 e. The largest absolute Gasteiger partial charge is 0.382 e. The Bertz CT molecular complexity index is 467. The fourth-order valence-corrected chi connectivity index (χ4v) is 5.13. The van der Waals surface area contributed by atoms with Gasteiger partial charge < -0.3 is 4.74 Å². The van der Waals surface area contributed by atoms with E-state index >= 15 is 0 Å². The topological polar surface area (TPSA) is 9.23 Å². The Hall–Kier alpha value is -0.530. The molecule has 0 saturated heterocycles. The molecule has 2 aliphatic rings. The average molecular weight is 349 g/mol. The van der Waals surface area contributed by atoms with Gasteiger partial charge >= 0.3 is 0 Å². The minimum absolute atomic E-state index is 0.765. The van der Waals surface area contributed by atoms with Crippen LogP contribution in [0.15, 0.2) is 24.3 Å². The molecule has 0 spiro atoms. The van der Waals surface area contributed by atoms with Gasteiger partial charge in [0.25, 0.3) is 0 Å². The molecule has 0 amide bonds. The first-order chi connectivity index (χ1) is 11.8. The molecule has 0 atom stereocenters. The monoisotopic (exact) mass is 348 g/mol. The summed E-state index contributed by atoms with van der Waals surface area (Å²) in [4.78, 5) is 0. The fourth-order valence-electron chi connectivity index (χ4n) is 5.00. The highest BCUT2D eigenvalue weighted by Crippen LogP contribution is 2.44. The number of hydrogen-bond acceptors (Lipinski definition) is 1. The standard InChI is InChI=1S/C22H33ClO/c1-2-24-16-15-17-3-5-18(6-4-17)19-7-9-20(10-8-19)21-11-13-22(23)14-12-21/h11-14,17-20H,2-10,15-16H2,1H3. The molecule has 2 fully saturated rings. The Morgan fingerprint density at radius 3 is 2.04 bits per heavy atom. The molecule has 0 radical (unpaired) electrons. The molecule has 0 bridgehead atoms. The van der Waals surface area contributed by atoms with E-state index in [1.54, 1.807) is 0 Å². The molecular weight excluding hydrogens is 316 g/mol. The molecule has 0 aliphatic heterocycles. The van der Waals surface area contributed by atoms with Crippen molar-refractivity contribution >= 4 is 11.6 Å². The Morgan fingerprint density at radius 2 is 1.46 bits per heavy atom. The Labute approximate surface area is 153 Å². The van der Waals surface area contributed by atoms with Crippen LogP contribution in [0.2, 0.25) is 5.02 Å². The summed E-state index contributed by atoms with van der Waals surface area (Å²) < 4.78 is 5.53. The van der Waals surface area contributed by atoms with Crippen molar-refractivity contribution in [2.45, 2.75) is 70.6 Å². The third-order valence-electron chi connectivity index (χ3n) is 6.55. The zero-order valence-electron chi connectivity index (χ0n) is 15.2. The summed E-state index contributed by atoms with van der Waals surface area (Å²) >= 11 is 6.02. The molecule has 1 nitrogen and oxygen atoms in total. The highest BCUT2D eigenvalue weighted by atomic mass is 35.5. The molecule has 3 rings (SSSR count). The van der Waals surface area contributed by atoms with Crippen molar-refractivity contribution in [3.05, 3.63) is 34.9 Å². The van der Waals surface area contributed by atoms with Crippen LogP contribution >= 0.6 is 11.6 Å². The molecule has 24 heavy (non-hydrogen) atoms. The van der Waals surface area contributed by atoms with Gasteiger partial charge in [-0.2, -0.15) is 0 Å². The summed E-state index contributed by atoms with van der Waals surface area (Å²) in [5.41, 5.74) is 1.50. The predicted octanol–water partition coefficient (Wildman–Crippen LogP) is 6.85. The first-order valence-corrected chi connectivity index (χ1v) is 10.5. The van der Waals surface area contributed by atoms with Crippen molar-refractivity contribution in [2.24, 2.45) is 17.8 Å². The van der Waals surface area contributed by atoms with E-state index < -0.39 is 0 Å². The number of rotatable bonds is 6. The molecule has 2 heteroatoms.